The Hall–Kier alpha value is -1.54. The standard InChI is InChI=1S/C20H26N4O2S2/c1-21-18-22-23-19(28-18)27-12-17(25)24(11-16-3-2-4-26-16)20-8-13-5-14(9-20)7-15(6-13)10-20/h2-4,13-15H,5-12H2,1H3,(H,21,22). The number of thioether (sulfide) groups is 1. The molecular formula is C20H26N4O2S2. The summed E-state index contributed by atoms with van der Waals surface area (Å²) in [5.74, 6) is 3.87. The van der Waals surface area contributed by atoms with E-state index in [4.69, 9.17) is 4.42 Å². The number of furan rings is 1. The Kier molecular flexibility index (Phi) is 4.87. The number of carbonyl (C=O) groups excluding carboxylic acids is 1. The highest BCUT2D eigenvalue weighted by Crippen LogP contribution is 2.58. The maximum atomic E-state index is 13.4. The number of amides is 1. The average Bonchev–Trinajstić information content (AvgIpc) is 3.34. The molecule has 6 nitrogen and oxygen atoms in total. The van der Waals surface area contributed by atoms with Gasteiger partial charge in [-0.1, -0.05) is 23.1 Å². The van der Waals surface area contributed by atoms with Crippen molar-refractivity contribution in [2.24, 2.45) is 17.8 Å². The lowest BCUT2D eigenvalue weighted by atomic mass is 9.52. The van der Waals surface area contributed by atoms with Gasteiger partial charge in [0.05, 0.1) is 18.6 Å². The summed E-state index contributed by atoms with van der Waals surface area (Å²) in [6, 6.07) is 3.89. The Morgan fingerprint density at radius 3 is 2.57 bits per heavy atom. The Labute approximate surface area is 173 Å². The Balaban J connectivity index is 1.36. The lowest BCUT2D eigenvalue weighted by Crippen LogP contribution is -2.61. The normalized spacial score (nSPS) is 30.5. The van der Waals surface area contributed by atoms with Crippen molar-refractivity contribution in [1.29, 1.82) is 0 Å². The molecule has 0 atom stereocenters. The van der Waals surface area contributed by atoms with Crippen LogP contribution < -0.4 is 5.32 Å². The van der Waals surface area contributed by atoms with Gasteiger partial charge in [0, 0.05) is 12.6 Å². The van der Waals surface area contributed by atoms with E-state index >= 15 is 0 Å². The van der Waals surface area contributed by atoms with E-state index in [2.05, 4.69) is 20.4 Å². The van der Waals surface area contributed by atoms with Gasteiger partial charge in [-0.3, -0.25) is 4.79 Å². The van der Waals surface area contributed by atoms with Crippen LogP contribution in [0.1, 0.15) is 44.3 Å². The van der Waals surface area contributed by atoms with E-state index in [9.17, 15) is 4.79 Å². The van der Waals surface area contributed by atoms with Gasteiger partial charge < -0.3 is 14.6 Å². The fraction of sp³-hybridized carbons (Fsp3) is 0.650. The van der Waals surface area contributed by atoms with E-state index in [1.165, 1.54) is 61.6 Å². The molecule has 150 valence electrons. The van der Waals surface area contributed by atoms with Crippen LogP contribution in [-0.2, 0) is 11.3 Å². The molecular weight excluding hydrogens is 392 g/mol. The SMILES string of the molecule is CNc1nnc(SCC(=O)N(Cc2ccco2)C23CC4CC(CC(C4)C2)C3)s1. The first-order valence-electron chi connectivity index (χ1n) is 10.1. The number of hydrogen-bond acceptors (Lipinski definition) is 7. The monoisotopic (exact) mass is 418 g/mol. The van der Waals surface area contributed by atoms with Crippen molar-refractivity contribution in [3.05, 3.63) is 24.2 Å². The molecule has 0 unspecified atom stereocenters. The molecule has 8 heteroatoms. The van der Waals surface area contributed by atoms with Crippen LogP contribution in [-0.4, -0.2) is 39.3 Å². The number of hydrogen-bond donors (Lipinski definition) is 1. The molecule has 4 saturated carbocycles. The van der Waals surface area contributed by atoms with Crippen molar-refractivity contribution in [2.45, 2.75) is 54.9 Å². The van der Waals surface area contributed by atoms with Gasteiger partial charge in [0.25, 0.3) is 0 Å². The lowest BCUT2D eigenvalue weighted by molar-refractivity contribution is -0.150. The molecule has 0 saturated heterocycles. The molecule has 1 amide bonds. The van der Waals surface area contributed by atoms with Crippen molar-refractivity contribution in [3.8, 4) is 0 Å². The molecule has 2 aromatic rings. The summed E-state index contributed by atoms with van der Waals surface area (Å²) in [4.78, 5) is 15.6. The number of aromatic nitrogens is 2. The van der Waals surface area contributed by atoms with E-state index < -0.39 is 0 Å². The molecule has 4 aliphatic carbocycles. The molecule has 0 aliphatic heterocycles. The molecule has 2 heterocycles. The minimum atomic E-state index is 0.0243. The molecule has 0 aromatic carbocycles. The highest BCUT2D eigenvalue weighted by atomic mass is 32.2. The third-order valence-electron chi connectivity index (χ3n) is 6.71. The molecule has 1 N–H and O–H groups in total. The number of nitrogens with zero attached hydrogens (tertiary/aromatic N) is 3. The summed E-state index contributed by atoms with van der Waals surface area (Å²) in [6.07, 6.45) is 9.31. The molecule has 6 rings (SSSR count). The highest BCUT2D eigenvalue weighted by molar-refractivity contribution is 8.01. The first-order valence-corrected chi connectivity index (χ1v) is 11.9. The Morgan fingerprint density at radius 1 is 1.29 bits per heavy atom. The molecule has 28 heavy (non-hydrogen) atoms. The summed E-state index contributed by atoms with van der Waals surface area (Å²) < 4.78 is 6.46. The number of rotatable bonds is 7. The molecule has 4 bridgehead atoms. The predicted octanol–water partition coefficient (Wildman–Crippen LogP) is 4.26. The summed E-state index contributed by atoms with van der Waals surface area (Å²) in [6.45, 7) is 0.580. The largest absolute Gasteiger partial charge is 0.467 e. The van der Waals surface area contributed by atoms with Gasteiger partial charge in [-0.25, -0.2) is 0 Å². The second kappa shape index (κ2) is 7.37. The van der Waals surface area contributed by atoms with Crippen LogP contribution in [0.3, 0.4) is 0 Å². The van der Waals surface area contributed by atoms with Crippen molar-refractivity contribution in [1.82, 2.24) is 15.1 Å². The summed E-state index contributed by atoms with van der Waals surface area (Å²) in [5, 5.41) is 12.0. The van der Waals surface area contributed by atoms with Gasteiger partial charge in [0.1, 0.15) is 5.76 Å². The van der Waals surface area contributed by atoms with E-state index in [1.807, 2.05) is 19.2 Å². The fourth-order valence-corrected chi connectivity index (χ4v) is 7.63. The van der Waals surface area contributed by atoms with Crippen LogP contribution >= 0.6 is 23.1 Å². The van der Waals surface area contributed by atoms with Crippen LogP contribution in [0.15, 0.2) is 27.2 Å². The first kappa shape index (κ1) is 18.5. The predicted molar refractivity (Wildman–Crippen MR) is 110 cm³/mol. The zero-order valence-corrected chi connectivity index (χ0v) is 17.7. The van der Waals surface area contributed by atoms with Crippen molar-refractivity contribution in [3.63, 3.8) is 0 Å². The van der Waals surface area contributed by atoms with Crippen LogP contribution in [0, 0.1) is 17.8 Å². The van der Waals surface area contributed by atoms with Crippen molar-refractivity contribution in [2.75, 3.05) is 18.1 Å². The molecule has 0 spiro atoms. The van der Waals surface area contributed by atoms with Crippen LogP contribution in [0.4, 0.5) is 5.13 Å². The van der Waals surface area contributed by atoms with Gasteiger partial charge in [-0.15, -0.1) is 10.2 Å². The van der Waals surface area contributed by atoms with Gasteiger partial charge >= 0.3 is 0 Å². The third kappa shape index (κ3) is 3.45. The van der Waals surface area contributed by atoms with E-state index in [0.29, 0.717) is 12.3 Å². The Morgan fingerprint density at radius 2 is 2.00 bits per heavy atom. The number of carbonyl (C=O) groups is 1. The average molecular weight is 419 g/mol. The zero-order chi connectivity index (χ0) is 19.1. The smallest absolute Gasteiger partial charge is 0.233 e. The van der Waals surface area contributed by atoms with Crippen LogP contribution in [0.5, 0.6) is 0 Å². The van der Waals surface area contributed by atoms with Crippen molar-refractivity contribution < 1.29 is 9.21 Å². The zero-order valence-electron chi connectivity index (χ0n) is 16.1. The van der Waals surface area contributed by atoms with Crippen LogP contribution in [0.25, 0.3) is 0 Å². The summed E-state index contributed by atoms with van der Waals surface area (Å²) >= 11 is 2.98. The second-order valence-electron chi connectivity index (χ2n) is 8.61. The van der Waals surface area contributed by atoms with Crippen molar-refractivity contribution >= 4 is 34.1 Å². The highest BCUT2D eigenvalue weighted by Gasteiger charge is 2.54. The number of nitrogens with one attached hydrogen (secondary N) is 1. The van der Waals surface area contributed by atoms with Crippen LogP contribution in [0.2, 0.25) is 0 Å². The third-order valence-corrected chi connectivity index (χ3v) is 8.77. The fourth-order valence-electron chi connectivity index (χ4n) is 6.04. The summed E-state index contributed by atoms with van der Waals surface area (Å²) in [7, 11) is 1.83. The minimum Gasteiger partial charge on any atom is -0.467 e. The lowest BCUT2D eigenvalue weighted by Gasteiger charge is -2.60. The second-order valence-corrected chi connectivity index (χ2v) is 10.8. The maximum Gasteiger partial charge on any atom is 0.233 e. The minimum absolute atomic E-state index is 0.0243. The van der Waals surface area contributed by atoms with Gasteiger partial charge in [0.15, 0.2) is 4.34 Å². The molecule has 0 radical (unpaired) electrons. The molecule has 2 aromatic heterocycles. The number of anilines is 1. The topological polar surface area (TPSA) is 71.3 Å². The molecule has 4 aliphatic rings. The van der Waals surface area contributed by atoms with E-state index in [0.717, 1.165) is 33.0 Å². The molecule has 4 fully saturated rings. The van der Waals surface area contributed by atoms with Gasteiger partial charge in [-0.2, -0.15) is 0 Å². The first-order chi connectivity index (χ1) is 13.6. The van der Waals surface area contributed by atoms with Gasteiger partial charge in [-0.05, 0) is 68.4 Å². The van der Waals surface area contributed by atoms with Gasteiger partial charge in [0.2, 0.25) is 11.0 Å². The maximum absolute atomic E-state index is 13.4. The Bertz CT molecular complexity index is 800. The van der Waals surface area contributed by atoms with E-state index in [-0.39, 0.29) is 11.4 Å². The summed E-state index contributed by atoms with van der Waals surface area (Å²) in [5.41, 5.74) is 0.0243. The van der Waals surface area contributed by atoms with E-state index in [1.54, 1.807) is 6.26 Å². The quantitative estimate of drug-likeness (QED) is 0.678.